The van der Waals surface area contributed by atoms with Gasteiger partial charge < -0.3 is 10.5 Å². The Kier molecular flexibility index (Phi) is 4.43. The highest BCUT2D eigenvalue weighted by Crippen LogP contribution is 2.30. The highest BCUT2D eigenvalue weighted by Gasteiger charge is 2.19. The molecular weight excluding hydrogens is 356 g/mol. The van der Waals surface area contributed by atoms with Gasteiger partial charge in [0.15, 0.2) is 0 Å². The maximum atomic E-state index is 12.4. The van der Waals surface area contributed by atoms with Crippen molar-refractivity contribution in [2.24, 2.45) is 0 Å². The molecule has 21 heavy (non-hydrogen) atoms. The molecule has 2 rings (SSSR count). The van der Waals surface area contributed by atoms with Crippen molar-refractivity contribution in [2.45, 2.75) is 11.8 Å². The van der Waals surface area contributed by atoms with Gasteiger partial charge in [0.05, 0.1) is 12.8 Å². The molecule has 0 spiro atoms. The van der Waals surface area contributed by atoms with E-state index in [9.17, 15) is 8.42 Å². The molecule has 0 radical (unpaired) electrons. The van der Waals surface area contributed by atoms with E-state index < -0.39 is 10.0 Å². The average Bonchev–Trinajstić information content (AvgIpc) is 2.40. The molecular formula is C14H15BrN2O3S. The van der Waals surface area contributed by atoms with E-state index in [0.29, 0.717) is 21.6 Å². The summed E-state index contributed by atoms with van der Waals surface area (Å²) in [7, 11) is -2.25. The van der Waals surface area contributed by atoms with Gasteiger partial charge in [-0.1, -0.05) is 6.07 Å². The van der Waals surface area contributed by atoms with E-state index in [4.69, 9.17) is 10.5 Å². The topological polar surface area (TPSA) is 81.4 Å². The number of rotatable bonds is 4. The number of aryl methyl sites for hydroxylation is 1. The lowest BCUT2D eigenvalue weighted by Gasteiger charge is -2.13. The van der Waals surface area contributed by atoms with Crippen LogP contribution < -0.4 is 15.2 Å². The largest absolute Gasteiger partial charge is 0.495 e. The summed E-state index contributed by atoms with van der Waals surface area (Å²) in [6, 6.07) is 9.75. The van der Waals surface area contributed by atoms with Crippen LogP contribution in [0.15, 0.2) is 45.8 Å². The maximum Gasteiger partial charge on any atom is 0.263 e. The fraction of sp³-hybridized carbons (Fsp3) is 0.143. The van der Waals surface area contributed by atoms with Crippen LogP contribution in [0.2, 0.25) is 0 Å². The number of ether oxygens (including phenoxy) is 1. The minimum Gasteiger partial charge on any atom is -0.495 e. The summed E-state index contributed by atoms with van der Waals surface area (Å²) in [5.41, 5.74) is 7.46. The Morgan fingerprint density at radius 3 is 2.52 bits per heavy atom. The van der Waals surface area contributed by atoms with Crippen LogP contribution in [0.4, 0.5) is 11.4 Å². The number of benzene rings is 2. The summed E-state index contributed by atoms with van der Waals surface area (Å²) in [5, 5.41) is 0. The van der Waals surface area contributed by atoms with Gasteiger partial charge in [-0.25, -0.2) is 8.42 Å². The van der Waals surface area contributed by atoms with Crippen molar-refractivity contribution in [3.05, 3.63) is 46.4 Å². The van der Waals surface area contributed by atoms with Crippen molar-refractivity contribution in [3.8, 4) is 5.75 Å². The molecule has 2 aromatic rings. The van der Waals surface area contributed by atoms with Gasteiger partial charge in [-0.05, 0) is 58.7 Å². The van der Waals surface area contributed by atoms with Gasteiger partial charge in [0.1, 0.15) is 10.6 Å². The Balaban J connectivity index is 2.42. The third-order valence-electron chi connectivity index (χ3n) is 2.85. The summed E-state index contributed by atoms with van der Waals surface area (Å²) in [4.78, 5) is 0.110. The van der Waals surface area contributed by atoms with Crippen molar-refractivity contribution < 1.29 is 13.2 Å². The van der Waals surface area contributed by atoms with Gasteiger partial charge in [0.25, 0.3) is 10.0 Å². The van der Waals surface area contributed by atoms with E-state index in [1.54, 1.807) is 24.3 Å². The SMILES string of the molecule is COc1cc(C)ccc1NS(=O)(=O)c1ccc(N)cc1Br. The smallest absolute Gasteiger partial charge is 0.263 e. The molecule has 0 heterocycles. The number of methoxy groups -OCH3 is 1. The zero-order chi connectivity index (χ0) is 15.6. The lowest BCUT2D eigenvalue weighted by molar-refractivity contribution is 0.416. The average molecular weight is 371 g/mol. The molecule has 0 fully saturated rings. The molecule has 7 heteroatoms. The second-order valence-electron chi connectivity index (χ2n) is 4.50. The first-order valence-electron chi connectivity index (χ1n) is 6.06. The molecule has 0 saturated heterocycles. The molecule has 0 aliphatic rings. The van der Waals surface area contributed by atoms with Crippen molar-refractivity contribution >= 4 is 37.3 Å². The van der Waals surface area contributed by atoms with Crippen LogP contribution in [0, 0.1) is 6.92 Å². The third-order valence-corrected chi connectivity index (χ3v) is 5.19. The lowest BCUT2D eigenvalue weighted by Crippen LogP contribution is -2.14. The normalized spacial score (nSPS) is 11.2. The number of sulfonamides is 1. The van der Waals surface area contributed by atoms with Gasteiger partial charge in [-0.15, -0.1) is 0 Å². The van der Waals surface area contributed by atoms with Gasteiger partial charge in [0, 0.05) is 10.2 Å². The molecule has 0 unspecified atom stereocenters. The standard InChI is InChI=1S/C14H15BrN2O3S/c1-9-3-5-12(13(7-9)20-2)17-21(18,19)14-6-4-10(16)8-11(14)15/h3-8,17H,16H2,1-2H3. The first kappa shape index (κ1) is 15.7. The predicted molar refractivity (Wildman–Crippen MR) is 87.1 cm³/mol. The van der Waals surface area contributed by atoms with Crippen LogP contribution >= 0.6 is 15.9 Å². The van der Waals surface area contributed by atoms with Crippen molar-refractivity contribution in [1.82, 2.24) is 0 Å². The van der Waals surface area contributed by atoms with E-state index in [0.717, 1.165) is 5.56 Å². The summed E-state index contributed by atoms with van der Waals surface area (Å²) >= 11 is 3.21. The molecule has 0 atom stereocenters. The summed E-state index contributed by atoms with van der Waals surface area (Å²) < 4.78 is 33.0. The number of hydrogen-bond acceptors (Lipinski definition) is 4. The molecule has 112 valence electrons. The van der Waals surface area contributed by atoms with Crippen LogP contribution in [0.3, 0.4) is 0 Å². The minimum atomic E-state index is -3.74. The van der Waals surface area contributed by atoms with Crippen molar-refractivity contribution in [1.29, 1.82) is 0 Å². The van der Waals surface area contributed by atoms with Crippen LogP contribution in [0.5, 0.6) is 5.75 Å². The first-order valence-corrected chi connectivity index (χ1v) is 8.33. The number of halogens is 1. The highest BCUT2D eigenvalue weighted by atomic mass is 79.9. The number of nitrogens with one attached hydrogen (secondary N) is 1. The fourth-order valence-electron chi connectivity index (χ4n) is 1.82. The van der Waals surface area contributed by atoms with Gasteiger partial charge >= 0.3 is 0 Å². The fourth-order valence-corrected chi connectivity index (χ4v) is 3.98. The summed E-state index contributed by atoms with van der Waals surface area (Å²) in [6.45, 7) is 1.90. The van der Waals surface area contributed by atoms with Gasteiger partial charge in [-0.3, -0.25) is 4.72 Å². The zero-order valence-corrected chi connectivity index (χ0v) is 14.0. The molecule has 0 aromatic heterocycles. The van der Waals surface area contributed by atoms with Crippen LogP contribution in [-0.2, 0) is 10.0 Å². The maximum absolute atomic E-state index is 12.4. The molecule has 5 nitrogen and oxygen atoms in total. The van der Waals surface area contributed by atoms with Crippen molar-refractivity contribution in [3.63, 3.8) is 0 Å². The Bertz CT molecular complexity index is 776. The van der Waals surface area contributed by atoms with Gasteiger partial charge in [0.2, 0.25) is 0 Å². The van der Waals surface area contributed by atoms with E-state index in [1.807, 2.05) is 6.92 Å². The molecule has 0 amide bonds. The van der Waals surface area contributed by atoms with E-state index in [2.05, 4.69) is 20.7 Å². The Morgan fingerprint density at radius 2 is 1.90 bits per heavy atom. The van der Waals surface area contributed by atoms with E-state index in [-0.39, 0.29) is 4.90 Å². The van der Waals surface area contributed by atoms with E-state index in [1.165, 1.54) is 19.2 Å². The van der Waals surface area contributed by atoms with E-state index >= 15 is 0 Å². The van der Waals surface area contributed by atoms with Crippen molar-refractivity contribution in [2.75, 3.05) is 17.6 Å². The van der Waals surface area contributed by atoms with Crippen LogP contribution in [0.1, 0.15) is 5.56 Å². The summed E-state index contributed by atoms with van der Waals surface area (Å²) in [5.74, 6) is 0.463. The second-order valence-corrected chi connectivity index (χ2v) is 7.00. The van der Waals surface area contributed by atoms with Crippen LogP contribution in [0.25, 0.3) is 0 Å². The number of nitrogens with two attached hydrogens (primary N) is 1. The minimum absolute atomic E-state index is 0.110. The molecule has 2 aromatic carbocycles. The number of nitrogen functional groups attached to an aromatic ring is 1. The molecule has 0 bridgehead atoms. The monoisotopic (exact) mass is 370 g/mol. The Labute approximate surface area is 132 Å². The first-order chi connectivity index (χ1) is 9.83. The Hall–Kier alpha value is -1.73. The van der Waals surface area contributed by atoms with Crippen LogP contribution in [-0.4, -0.2) is 15.5 Å². The quantitative estimate of drug-likeness (QED) is 0.809. The summed E-state index contributed by atoms with van der Waals surface area (Å²) in [6.07, 6.45) is 0. The number of hydrogen-bond donors (Lipinski definition) is 2. The lowest BCUT2D eigenvalue weighted by atomic mass is 10.2. The molecule has 0 aliphatic heterocycles. The molecule has 0 saturated carbocycles. The molecule has 3 N–H and O–H groups in total. The number of anilines is 2. The Morgan fingerprint density at radius 1 is 1.19 bits per heavy atom. The highest BCUT2D eigenvalue weighted by molar-refractivity contribution is 9.10. The zero-order valence-electron chi connectivity index (χ0n) is 11.6. The third kappa shape index (κ3) is 3.48. The molecule has 0 aliphatic carbocycles. The second kappa shape index (κ2) is 5.95. The van der Waals surface area contributed by atoms with Gasteiger partial charge in [-0.2, -0.15) is 0 Å². The predicted octanol–water partition coefficient (Wildman–Crippen LogP) is 3.15.